The number of benzene rings is 1. The third-order valence-electron chi connectivity index (χ3n) is 5.92. The molecule has 1 aromatic rings. The van der Waals surface area contributed by atoms with Crippen molar-refractivity contribution >= 4 is 17.3 Å². The van der Waals surface area contributed by atoms with Crippen LogP contribution in [0.15, 0.2) is 18.2 Å². The van der Waals surface area contributed by atoms with Crippen molar-refractivity contribution in [3.05, 3.63) is 28.3 Å². The summed E-state index contributed by atoms with van der Waals surface area (Å²) in [6.07, 6.45) is 3.71. The van der Waals surface area contributed by atoms with Crippen LogP contribution in [0.2, 0.25) is 0 Å². The van der Waals surface area contributed by atoms with E-state index in [2.05, 4.69) is 9.80 Å². The van der Waals surface area contributed by atoms with Crippen LogP contribution in [0.3, 0.4) is 0 Å². The molecule has 0 aromatic heterocycles. The summed E-state index contributed by atoms with van der Waals surface area (Å²) in [5.41, 5.74) is 0.552. The van der Waals surface area contributed by atoms with Gasteiger partial charge in [0.05, 0.1) is 17.4 Å². The first-order valence-corrected chi connectivity index (χ1v) is 10.5. The molecule has 2 heterocycles. The standard InChI is InChI=1S/C21H31N3O5/c1-15(2)14-29-21(26)16-5-9-22(10-6-16)17-7-11-23(12-8-17)18-3-4-19(24(27)28)20(25)13-18/h3-4,13,15-17,25H,5-12,14H2,1-2H3. The Labute approximate surface area is 171 Å². The maximum Gasteiger partial charge on any atom is 0.310 e. The SMILES string of the molecule is CC(C)COC(=O)C1CCN(C2CCN(c3ccc([N+](=O)[O-])c(O)c3)CC2)CC1. The average Bonchev–Trinajstić information content (AvgIpc) is 2.72. The number of nitrogens with zero attached hydrogens (tertiary/aromatic N) is 3. The van der Waals surface area contributed by atoms with Crippen molar-refractivity contribution in [1.29, 1.82) is 0 Å². The van der Waals surface area contributed by atoms with Crippen LogP contribution < -0.4 is 4.90 Å². The van der Waals surface area contributed by atoms with Gasteiger partial charge in [0.15, 0.2) is 5.75 Å². The van der Waals surface area contributed by atoms with Crippen LogP contribution in [-0.4, -0.2) is 59.7 Å². The van der Waals surface area contributed by atoms with Gasteiger partial charge in [-0.25, -0.2) is 0 Å². The third kappa shape index (κ3) is 5.38. The van der Waals surface area contributed by atoms with E-state index in [1.54, 1.807) is 6.07 Å². The Balaban J connectivity index is 1.46. The lowest BCUT2D eigenvalue weighted by Crippen LogP contribution is -2.48. The summed E-state index contributed by atoms with van der Waals surface area (Å²) >= 11 is 0. The Morgan fingerprint density at radius 2 is 1.86 bits per heavy atom. The molecule has 2 fully saturated rings. The van der Waals surface area contributed by atoms with Gasteiger partial charge >= 0.3 is 11.7 Å². The van der Waals surface area contributed by atoms with Gasteiger partial charge < -0.3 is 19.6 Å². The van der Waals surface area contributed by atoms with Gasteiger partial charge in [-0.15, -0.1) is 0 Å². The zero-order chi connectivity index (χ0) is 21.0. The van der Waals surface area contributed by atoms with E-state index in [-0.39, 0.29) is 23.3 Å². The van der Waals surface area contributed by atoms with E-state index in [1.165, 1.54) is 12.1 Å². The number of rotatable bonds is 6. The number of esters is 1. The first kappa shape index (κ1) is 21.4. The number of nitro groups is 1. The number of hydrogen-bond acceptors (Lipinski definition) is 7. The molecule has 0 bridgehead atoms. The molecule has 2 saturated heterocycles. The molecule has 2 aliphatic heterocycles. The highest BCUT2D eigenvalue weighted by Gasteiger charge is 2.31. The van der Waals surface area contributed by atoms with Crippen molar-refractivity contribution in [1.82, 2.24) is 4.90 Å². The molecule has 29 heavy (non-hydrogen) atoms. The Kier molecular flexibility index (Phi) is 6.95. The molecule has 0 radical (unpaired) electrons. The number of nitro benzene ring substituents is 1. The maximum atomic E-state index is 12.2. The number of aromatic hydroxyl groups is 1. The van der Waals surface area contributed by atoms with Crippen LogP contribution in [0.4, 0.5) is 11.4 Å². The van der Waals surface area contributed by atoms with Crippen molar-refractivity contribution in [2.75, 3.05) is 37.7 Å². The van der Waals surface area contributed by atoms with E-state index in [0.717, 1.165) is 57.5 Å². The van der Waals surface area contributed by atoms with Gasteiger partial charge in [-0.2, -0.15) is 0 Å². The fourth-order valence-electron chi connectivity index (χ4n) is 4.22. The Morgan fingerprint density at radius 1 is 1.21 bits per heavy atom. The minimum atomic E-state index is -0.576. The molecule has 0 spiro atoms. The highest BCUT2D eigenvalue weighted by molar-refractivity contribution is 5.72. The fourth-order valence-corrected chi connectivity index (χ4v) is 4.22. The molecule has 3 rings (SSSR count). The number of carbonyl (C=O) groups is 1. The lowest BCUT2D eigenvalue weighted by atomic mass is 9.93. The summed E-state index contributed by atoms with van der Waals surface area (Å²) in [7, 11) is 0. The molecule has 0 amide bonds. The first-order chi connectivity index (χ1) is 13.8. The molecule has 160 valence electrons. The second-order valence-corrected chi connectivity index (χ2v) is 8.48. The van der Waals surface area contributed by atoms with Crippen molar-refractivity contribution < 1.29 is 19.6 Å². The van der Waals surface area contributed by atoms with Crippen LogP contribution >= 0.6 is 0 Å². The molecule has 0 unspecified atom stereocenters. The van der Waals surface area contributed by atoms with Gasteiger partial charge in [-0.1, -0.05) is 13.8 Å². The van der Waals surface area contributed by atoms with Gasteiger partial charge in [0, 0.05) is 37.0 Å². The van der Waals surface area contributed by atoms with Crippen LogP contribution in [0, 0.1) is 22.0 Å². The van der Waals surface area contributed by atoms with E-state index in [0.29, 0.717) is 18.6 Å². The van der Waals surface area contributed by atoms with Crippen molar-refractivity contribution in [2.24, 2.45) is 11.8 Å². The highest BCUT2D eigenvalue weighted by Crippen LogP contribution is 2.32. The quantitative estimate of drug-likeness (QED) is 0.441. The summed E-state index contributed by atoms with van der Waals surface area (Å²) in [6.45, 7) is 8.11. The number of phenols is 1. The minimum Gasteiger partial charge on any atom is -0.502 e. The number of carbonyl (C=O) groups excluding carboxylic acids is 1. The van der Waals surface area contributed by atoms with Crippen LogP contribution in [0.1, 0.15) is 39.5 Å². The fraction of sp³-hybridized carbons (Fsp3) is 0.667. The molecule has 0 atom stereocenters. The normalized spacial score (nSPS) is 19.5. The summed E-state index contributed by atoms with van der Waals surface area (Å²) in [6, 6.07) is 5.03. The van der Waals surface area contributed by atoms with E-state index in [1.807, 2.05) is 13.8 Å². The number of likely N-dealkylation sites (tertiary alicyclic amines) is 1. The number of piperidine rings is 2. The zero-order valence-electron chi connectivity index (χ0n) is 17.2. The van der Waals surface area contributed by atoms with Crippen molar-refractivity contribution in [3.8, 4) is 5.75 Å². The van der Waals surface area contributed by atoms with Crippen LogP contribution in [0.5, 0.6) is 5.75 Å². The lowest BCUT2D eigenvalue weighted by molar-refractivity contribution is -0.385. The van der Waals surface area contributed by atoms with E-state index in [9.17, 15) is 20.0 Å². The minimum absolute atomic E-state index is 0.0215. The van der Waals surface area contributed by atoms with Crippen molar-refractivity contribution in [2.45, 2.75) is 45.6 Å². The number of hydrogen-bond donors (Lipinski definition) is 1. The van der Waals surface area contributed by atoms with Gasteiger partial charge in [-0.3, -0.25) is 14.9 Å². The molecule has 2 aliphatic rings. The van der Waals surface area contributed by atoms with Crippen LogP contribution in [-0.2, 0) is 9.53 Å². The molecule has 0 saturated carbocycles. The highest BCUT2D eigenvalue weighted by atomic mass is 16.6. The van der Waals surface area contributed by atoms with Gasteiger partial charge in [0.25, 0.3) is 0 Å². The molecule has 1 N–H and O–H groups in total. The molecular weight excluding hydrogens is 374 g/mol. The van der Waals surface area contributed by atoms with E-state index in [4.69, 9.17) is 4.74 Å². The summed E-state index contributed by atoms with van der Waals surface area (Å²) in [5, 5.41) is 20.7. The Hall–Kier alpha value is -2.35. The maximum absolute atomic E-state index is 12.2. The van der Waals surface area contributed by atoms with Gasteiger partial charge in [0.2, 0.25) is 0 Å². The lowest BCUT2D eigenvalue weighted by Gasteiger charge is -2.42. The number of ether oxygens (including phenoxy) is 1. The van der Waals surface area contributed by atoms with Gasteiger partial charge in [0.1, 0.15) is 0 Å². The number of anilines is 1. The molecular formula is C21H31N3O5. The first-order valence-electron chi connectivity index (χ1n) is 10.5. The molecule has 8 heteroatoms. The largest absolute Gasteiger partial charge is 0.502 e. The van der Waals surface area contributed by atoms with E-state index >= 15 is 0 Å². The van der Waals surface area contributed by atoms with Crippen LogP contribution in [0.25, 0.3) is 0 Å². The van der Waals surface area contributed by atoms with E-state index < -0.39 is 4.92 Å². The predicted octanol–water partition coefficient (Wildman–Crippen LogP) is 3.18. The van der Waals surface area contributed by atoms with Crippen molar-refractivity contribution in [3.63, 3.8) is 0 Å². The smallest absolute Gasteiger partial charge is 0.310 e. The Bertz CT molecular complexity index is 723. The predicted molar refractivity (Wildman–Crippen MR) is 110 cm³/mol. The molecule has 1 aromatic carbocycles. The Morgan fingerprint density at radius 3 is 2.41 bits per heavy atom. The zero-order valence-corrected chi connectivity index (χ0v) is 17.2. The molecule has 0 aliphatic carbocycles. The third-order valence-corrected chi connectivity index (χ3v) is 5.92. The topological polar surface area (TPSA) is 96.2 Å². The number of phenolic OH excluding ortho intramolecular Hbond substituents is 1. The summed E-state index contributed by atoms with van der Waals surface area (Å²) in [5.74, 6) is 0.0438. The molecule has 8 nitrogen and oxygen atoms in total. The summed E-state index contributed by atoms with van der Waals surface area (Å²) in [4.78, 5) is 27.1. The summed E-state index contributed by atoms with van der Waals surface area (Å²) < 4.78 is 5.39. The second kappa shape index (κ2) is 9.43. The second-order valence-electron chi connectivity index (χ2n) is 8.48. The average molecular weight is 405 g/mol. The monoisotopic (exact) mass is 405 g/mol. The van der Waals surface area contributed by atoms with Gasteiger partial charge in [-0.05, 0) is 50.8 Å².